The van der Waals surface area contributed by atoms with Crippen LogP contribution in [0.5, 0.6) is 0 Å². The molecule has 4 rings (SSSR count). The lowest BCUT2D eigenvalue weighted by Gasteiger charge is -2.15. The Morgan fingerprint density at radius 2 is 2.09 bits per heavy atom. The van der Waals surface area contributed by atoms with Crippen LogP contribution in [0.25, 0.3) is 0 Å². The van der Waals surface area contributed by atoms with Gasteiger partial charge in [-0.15, -0.1) is 0 Å². The number of aromatic carboxylic acids is 1. The number of nitrogens with zero attached hydrogens (tertiary/aromatic N) is 3. The lowest BCUT2D eigenvalue weighted by atomic mass is 10.0. The summed E-state index contributed by atoms with van der Waals surface area (Å²) in [4.78, 5) is 18.5. The number of aryl methyl sites for hydroxylation is 1. The van der Waals surface area contributed by atoms with Gasteiger partial charge in [-0.2, -0.15) is 0 Å². The summed E-state index contributed by atoms with van der Waals surface area (Å²) in [5.74, 6) is 0.262. The van der Waals surface area contributed by atoms with Crippen LogP contribution in [-0.2, 0) is 39.5 Å². The minimum atomic E-state index is -0.837. The van der Waals surface area contributed by atoms with Crippen LogP contribution >= 0.6 is 0 Å². The van der Waals surface area contributed by atoms with Crippen LogP contribution in [0.1, 0.15) is 51.5 Å². The van der Waals surface area contributed by atoms with Crippen LogP contribution in [-0.4, -0.2) is 25.5 Å². The highest BCUT2D eigenvalue weighted by Crippen LogP contribution is 2.28. The molecular formula is C18H21N3O2. The van der Waals surface area contributed by atoms with E-state index in [9.17, 15) is 9.90 Å². The summed E-state index contributed by atoms with van der Waals surface area (Å²) in [6.45, 7) is 2.26. The molecule has 0 atom stereocenters. The minimum absolute atomic E-state index is 0.434. The molecule has 0 bridgehead atoms. The highest BCUT2D eigenvalue weighted by atomic mass is 16.4. The SMILES string of the molecule is Cn1c(CN2Cc3cccc(C(=O)O)c3C2)nc2c1CCCC2. The Labute approximate surface area is 135 Å². The van der Waals surface area contributed by atoms with Gasteiger partial charge < -0.3 is 9.67 Å². The van der Waals surface area contributed by atoms with Crippen LogP contribution in [0, 0.1) is 0 Å². The second kappa shape index (κ2) is 5.49. The lowest BCUT2D eigenvalue weighted by molar-refractivity contribution is 0.0695. The molecule has 120 valence electrons. The first-order chi connectivity index (χ1) is 11.1. The van der Waals surface area contributed by atoms with E-state index < -0.39 is 5.97 Å². The van der Waals surface area contributed by atoms with Crippen LogP contribution in [0.15, 0.2) is 18.2 Å². The van der Waals surface area contributed by atoms with Crippen LogP contribution in [0.4, 0.5) is 0 Å². The monoisotopic (exact) mass is 311 g/mol. The Bertz CT molecular complexity index is 779. The summed E-state index contributed by atoms with van der Waals surface area (Å²) >= 11 is 0. The molecule has 1 N–H and O–H groups in total. The highest BCUT2D eigenvalue weighted by molar-refractivity contribution is 5.90. The number of hydrogen-bond donors (Lipinski definition) is 1. The molecule has 2 heterocycles. The first-order valence-electron chi connectivity index (χ1n) is 8.23. The Morgan fingerprint density at radius 1 is 1.26 bits per heavy atom. The quantitative estimate of drug-likeness (QED) is 0.946. The van der Waals surface area contributed by atoms with Gasteiger partial charge in [0.25, 0.3) is 0 Å². The number of aromatic nitrogens is 2. The van der Waals surface area contributed by atoms with Crippen molar-refractivity contribution in [2.24, 2.45) is 7.05 Å². The molecule has 5 heteroatoms. The van der Waals surface area contributed by atoms with E-state index in [4.69, 9.17) is 4.98 Å². The maximum atomic E-state index is 11.4. The van der Waals surface area contributed by atoms with Gasteiger partial charge >= 0.3 is 5.97 Å². The van der Waals surface area contributed by atoms with Gasteiger partial charge in [0.2, 0.25) is 0 Å². The summed E-state index contributed by atoms with van der Waals surface area (Å²) in [7, 11) is 2.11. The average Bonchev–Trinajstić information content (AvgIpc) is 3.09. The number of rotatable bonds is 3. The zero-order valence-corrected chi connectivity index (χ0v) is 13.4. The summed E-state index contributed by atoms with van der Waals surface area (Å²) in [6, 6.07) is 5.57. The number of carboxylic acid groups (broad SMARTS) is 1. The van der Waals surface area contributed by atoms with Crippen molar-refractivity contribution < 1.29 is 9.90 Å². The summed E-state index contributed by atoms with van der Waals surface area (Å²) in [5.41, 5.74) is 5.16. The topological polar surface area (TPSA) is 58.4 Å². The van der Waals surface area contributed by atoms with E-state index >= 15 is 0 Å². The number of carboxylic acids is 1. The van der Waals surface area contributed by atoms with E-state index in [-0.39, 0.29) is 0 Å². The van der Waals surface area contributed by atoms with Gasteiger partial charge in [0, 0.05) is 25.8 Å². The number of fused-ring (bicyclic) bond motifs is 2. The Balaban J connectivity index is 1.57. The minimum Gasteiger partial charge on any atom is -0.478 e. The Hall–Kier alpha value is -2.14. The molecule has 5 nitrogen and oxygen atoms in total. The molecule has 1 aromatic heterocycles. The fraction of sp³-hybridized carbons (Fsp3) is 0.444. The molecule has 1 aromatic carbocycles. The van der Waals surface area contributed by atoms with Crippen molar-refractivity contribution in [2.75, 3.05) is 0 Å². The molecule has 0 spiro atoms. The molecule has 0 unspecified atom stereocenters. The first kappa shape index (κ1) is 14.5. The molecule has 0 saturated carbocycles. The Kier molecular flexibility index (Phi) is 3.45. The van der Waals surface area contributed by atoms with E-state index in [2.05, 4.69) is 16.5 Å². The fourth-order valence-electron chi connectivity index (χ4n) is 3.89. The van der Waals surface area contributed by atoms with Crippen LogP contribution in [0.2, 0.25) is 0 Å². The molecule has 0 saturated heterocycles. The maximum absolute atomic E-state index is 11.4. The third-order valence-corrected chi connectivity index (χ3v) is 5.11. The van der Waals surface area contributed by atoms with Gasteiger partial charge in [-0.25, -0.2) is 9.78 Å². The molecule has 2 aromatic rings. The zero-order chi connectivity index (χ0) is 16.0. The van der Waals surface area contributed by atoms with Gasteiger partial charge in [-0.1, -0.05) is 12.1 Å². The van der Waals surface area contributed by atoms with Gasteiger partial charge in [-0.05, 0) is 42.9 Å². The van der Waals surface area contributed by atoms with Crippen molar-refractivity contribution in [1.29, 1.82) is 0 Å². The standard InChI is InChI=1S/C18H21N3O2/c1-20-16-8-3-2-7-15(16)19-17(20)11-21-9-12-5-4-6-13(18(22)23)14(12)10-21/h4-6H,2-3,7-11H2,1H3,(H,22,23). The zero-order valence-electron chi connectivity index (χ0n) is 13.4. The van der Waals surface area contributed by atoms with Gasteiger partial charge in [0.05, 0.1) is 17.8 Å². The third kappa shape index (κ3) is 2.45. The van der Waals surface area contributed by atoms with Gasteiger partial charge in [-0.3, -0.25) is 4.90 Å². The number of benzene rings is 1. The third-order valence-electron chi connectivity index (χ3n) is 5.11. The molecule has 0 amide bonds. The van der Waals surface area contributed by atoms with Crippen LogP contribution < -0.4 is 0 Å². The van der Waals surface area contributed by atoms with Gasteiger partial charge in [0.15, 0.2) is 0 Å². The summed E-state index contributed by atoms with van der Waals surface area (Å²) in [6.07, 6.45) is 4.71. The molecule has 2 aliphatic rings. The van der Waals surface area contributed by atoms with Crippen molar-refractivity contribution in [2.45, 2.75) is 45.3 Å². The van der Waals surface area contributed by atoms with Crippen molar-refractivity contribution >= 4 is 5.97 Å². The molecule has 0 radical (unpaired) electrons. The van der Waals surface area contributed by atoms with Crippen molar-refractivity contribution in [3.8, 4) is 0 Å². The predicted octanol–water partition coefficient (Wildman–Crippen LogP) is 2.51. The van der Waals surface area contributed by atoms with Crippen LogP contribution in [0.3, 0.4) is 0 Å². The highest BCUT2D eigenvalue weighted by Gasteiger charge is 2.26. The smallest absolute Gasteiger partial charge is 0.336 e. The predicted molar refractivity (Wildman–Crippen MR) is 86.2 cm³/mol. The normalized spacial score (nSPS) is 17.1. The summed E-state index contributed by atoms with van der Waals surface area (Å²) in [5, 5.41) is 9.34. The van der Waals surface area contributed by atoms with E-state index in [1.807, 2.05) is 12.1 Å². The van der Waals surface area contributed by atoms with Gasteiger partial charge in [0.1, 0.15) is 5.82 Å². The van der Waals surface area contributed by atoms with E-state index in [1.165, 1.54) is 24.2 Å². The number of imidazole rings is 1. The first-order valence-corrected chi connectivity index (χ1v) is 8.23. The molecule has 1 aliphatic carbocycles. The fourth-order valence-corrected chi connectivity index (χ4v) is 3.89. The summed E-state index contributed by atoms with van der Waals surface area (Å²) < 4.78 is 2.25. The number of carbonyl (C=O) groups is 1. The largest absolute Gasteiger partial charge is 0.478 e. The van der Waals surface area contributed by atoms with E-state index in [1.54, 1.807) is 6.07 Å². The Morgan fingerprint density at radius 3 is 2.87 bits per heavy atom. The van der Waals surface area contributed by atoms with Crippen molar-refractivity contribution in [3.05, 3.63) is 52.1 Å². The van der Waals surface area contributed by atoms with Crippen molar-refractivity contribution in [1.82, 2.24) is 14.5 Å². The maximum Gasteiger partial charge on any atom is 0.336 e. The van der Waals surface area contributed by atoms with E-state index in [0.717, 1.165) is 42.9 Å². The second-order valence-electron chi connectivity index (χ2n) is 6.58. The molecule has 0 fully saturated rings. The van der Waals surface area contributed by atoms with E-state index in [0.29, 0.717) is 12.1 Å². The molecule has 23 heavy (non-hydrogen) atoms. The average molecular weight is 311 g/mol. The van der Waals surface area contributed by atoms with Crippen molar-refractivity contribution in [3.63, 3.8) is 0 Å². The number of hydrogen-bond acceptors (Lipinski definition) is 3. The lowest BCUT2D eigenvalue weighted by Crippen LogP contribution is -2.19. The molecule has 1 aliphatic heterocycles. The molecular weight excluding hydrogens is 290 g/mol. The second-order valence-corrected chi connectivity index (χ2v) is 6.58.